The van der Waals surface area contributed by atoms with Crippen LogP contribution in [0.3, 0.4) is 0 Å². The number of unbranched alkanes of at least 4 members (excludes halogenated alkanes) is 1. The Kier molecular flexibility index (Phi) is 6.25. The van der Waals surface area contributed by atoms with Crippen LogP contribution in [-0.4, -0.2) is 37.8 Å². The molecule has 0 amide bonds. The first kappa shape index (κ1) is 21.6. The number of aryl methyl sites for hydroxylation is 1. The van der Waals surface area contributed by atoms with Gasteiger partial charge in [-0.2, -0.15) is 9.97 Å². The Balaban J connectivity index is 1.50. The molecule has 8 nitrogen and oxygen atoms in total. The van der Waals surface area contributed by atoms with Crippen LogP contribution in [0.4, 0.5) is 14.6 Å². The van der Waals surface area contributed by atoms with Crippen molar-refractivity contribution in [3.8, 4) is 0 Å². The number of nitrogens with one attached hydrogen (secondary N) is 1. The SMILES string of the molecule is CC(F)(F)c1cccc(C(=N)C(=O)OCCCCn2cnc3c(N)nc(Cl)nc32)c1. The number of nitrogen functional groups attached to an aromatic ring is 1. The molecule has 1 aromatic carbocycles. The van der Waals surface area contributed by atoms with E-state index in [1.165, 1.54) is 18.2 Å². The fourth-order valence-corrected chi connectivity index (χ4v) is 2.96. The minimum Gasteiger partial charge on any atom is -0.461 e. The number of carbonyl (C=O) groups excluding carboxylic acids is 1. The highest BCUT2D eigenvalue weighted by molar-refractivity contribution is 6.41. The normalized spacial score (nSPS) is 11.6. The second-order valence-electron chi connectivity index (χ2n) is 6.68. The van der Waals surface area contributed by atoms with E-state index in [0.717, 1.165) is 13.0 Å². The molecule has 0 aliphatic carbocycles. The van der Waals surface area contributed by atoms with Gasteiger partial charge in [0.05, 0.1) is 12.9 Å². The predicted molar refractivity (Wildman–Crippen MR) is 108 cm³/mol. The number of aromatic nitrogens is 4. The van der Waals surface area contributed by atoms with E-state index in [4.69, 9.17) is 27.5 Å². The Bertz CT molecular complexity index is 1100. The Morgan fingerprint density at radius 2 is 2.10 bits per heavy atom. The van der Waals surface area contributed by atoms with E-state index in [2.05, 4.69) is 15.0 Å². The van der Waals surface area contributed by atoms with Crippen LogP contribution < -0.4 is 5.73 Å². The van der Waals surface area contributed by atoms with Crippen LogP contribution in [0.2, 0.25) is 5.28 Å². The third-order valence-electron chi connectivity index (χ3n) is 4.35. The van der Waals surface area contributed by atoms with Crippen LogP contribution in [0.15, 0.2) is 30.6 Å². The quantitative estimate of drug-likeness (QED) is 0.241. The molecule has 0 fully saturated rings. The van der Waals surface area contributed by atoms with Gasteiger partial charge in [0.2, 0.25) is 5.28 Å². The number of halogens is 3. The van der Waals surface area contributed by atoms with Crippen molar-refractivity contribution in [2.75, 3.05) is 12.3 Å². The second-order valence-corrected chi connectivity index (χ2v) is 7.01. The minimum absolute atomic E-state index is 0.0269. The number of esters is 1. The summed E-state index contributed by atoms with van der Waals surface area (Å²) < 4.78 is 33.7. The molecule has 0 aliphatic heterocycles. The van der Waals surface area contributed by atoms with Crippen molar-refractivity contribution >= 4 is 40.3 Å². The number of benzene rings is 1. The smallest absolute Gasteiger partial charge is 0.356 e. The van der Waals surface area contributed by atoms with E-state index in [1.54, 1.807) is 10.9 Å². The van der Waals surface area contributed by atoms with Crippen molar-refractivity contribution in [1.82, 2.24) is 19.5 Å². The van der Waals surface area contributed by atoms with Gasteiger partial charge in [-0.05, 0) is 30.5 Å². The van der Waals surface area contributed by atoms with Crippen LogP contribution in [0.1, 0.15) is 30.9 Å². The average molecular weight is 437 g/mol. The molecule has 0 bridgehead atoms. The van der Waals surface area contributed by atoms with Gasteiger partial charge in [0, 0.05) is 24.6 Å². The van der Waals surface area contributed by atoms with E-state index in [-0.39, 0.29) is 28.8 Å². The molecule has 30 heavy (non-hydrogen) atoms. The van der Waals surface area contributed by atoms with Crippen LogP contribution in [0.5, 0.6) is 0 Å². The summed E-state index contributed by atoms with van der Waals surface area (Å²) in [5.41, 5.74) is 6.07. The molecular weight excluding hydrogens is 418 g/mol. The molecule has 2 heterocycles. The van der Waals surface area contributed by atoms with Crippen molar-refractivity contribution in [2.24, 2.45) is 0 Å². The van der Waals surface area contributed by atoms with Crippen molar-refractivity contribution in [3.05, 3.63) is 47.0 Å². The number of fused-ring (bicyclic) bond motifs is 1. The van der Waals surface area contributed by atoms with E-state index in [0.29, 0.717) is 30.6 Å². The zero-order valence-electron chi connectivity index (χ0n) is 16.0. The maximum absolute atomic E-state index is 13.4. The monoisotopic (exact) mass is 436 g/mol. The Labute approximate surface area is 175 Å². The molecule has 0 aliphatic rings. The second kappa shape index (κ2) is 8.70. The van der Waals surface area contributed by atoms with Gasteiger partial charge in [-0.25, -0.2) is 18.6 Å². The molecule has 2 aromatic heterocycles. The molecule has 11 heteroatoms. The Morgan fingerprint density at radius 1 is 1.33 bits per heavy atom. The van der Waals surface area contributed by atoms with Gasteiger partial charge < -0.3 is 15.0 Å². The van der Waals surface area contributed by atoms with E-state index >= 15 is 0 Å². The van der Waals surface area contributed by atoms with Gasteiger partial charge in [-0.1, -0.05) is 18.2 Å². The summed E-state index contributed by atoms with van der Waals surface area (Å²) in [6.45, 7) is 1.37. The lowest BCUT2D eigenvalue weighted by atomic mass is 10.0. The number of alkyl halides is 2. The maximum Gasteiger partial charge on any atom is 0.356 e. The first-order valence-electron chi connectivity index (χ1n) is 9.05. The van der Waals surface area contributed by atoms with Crippen LogP contribution >= 0.6 is 11.6 Å². The first-order chi connectivity index (χ1) is 14.2. The van der Waals surface area contributed by atoms with Crippen molar-refractivity contribution < 1.29 is 18.3 Å². The largest absolute Gasteiger partial charge is 0.461 e. The number of nitrogens with two attached hydrogens (primary N) is 1. The maximum atomic E-state index is 13.4. The van der Waals surface area contributed by atoms with Gasteiger partial charge in [-0.3, -0.25) is 5.41 Å². The summed E-state index contributed by atoms with van der Waals surface area (Å²) in [7, 11) is 0. The van der Waals surface area contributed by atoms with Crippen molar-refractivity contribution in [3.63, 3.8) is 0 Å². The average Bonchev–Trinajstić information content (AvgIpc) is 3.09. The number of carbonyl (C=O) groups is 1. The van der Waals surface area contributed by atoms with E-state index in [9.17, 15) is 13.6 Å². The lowest BCUT2D eigenvalue weighted by Gasteiger charge is -2.12. The van der Waals surface area contributed by atoms with Gasteiger partial charge in [-0.15, -0.1) is 0 Å². The zero-order valence-corrected chi connectivity index (χ0v) is 16.8. The lowest BCUT2D eigenvalue weighted by molar-refractivity contribution is -0.135. The fraction of sp³-hybridized carbons (Fsp3) is 0.316. The highest BCUT2D eigenvalue weighted by Crippen LogP contribution is 2.27. The molecule has 3 rings (SSSR count). The molecule has 0 spiro atoms. The molecule has 0 atom stereocenters. The van der Waals surface area contributed by atoms with Crippen molar-refractivity contribution in [1.29, 1.82) is 5.41 Å². The van der Waals surface area contributed by atoms with Gasteiger partial charge >= 0.3 is 5.97 Å². The number of nitrogens with zero attached hydrogens (tertiary/aromatic N) is 4. The van der Waals surface area contributed by atoms with Crippen LogP contribution in [0, 0.1) is 5.41 Å². The summed E-state index contributed by atoms with van der Waals surface area (Å²) in [6.07, 6.45) is 2.72. The zero-order chi connectivity index (χ0) is 21.9. The van der Waals surface area contributed by atoms with Crippen molar-refractivity contribution in [2.45, 2.75) is 32.2 Å². The topological polar surface area (TPSA) is 120 Å². The third-order valence-corrected chi connectivity index (χ3v) is 4.52. The molecule has 3 aromatic rings. The minimum atomic E-state index is -3.06. The van der Waals surface area contributed by atoms with E-state index in [1.807, 2.05) is 0 Å². The summed E-state index contributed by atoms with van der Waals surface area (Å²) >= 11 is 5.82. The number of imidazole rings is 1. The molecular formula is C19H19ClF2N6O2. The fourth-order valence-electron chi connectivity index (χ4n) is 2.79. The van der Waals surface area contributed by atoms with Gasteiger partial charge in [0.15, 0.2) is 11.5 Å². The molecule has 0 saturated carbocycles. The molecule has 0 saturated heterocycles. The number of rotatable bonds is 8. The Hall–Kier alpha value is -3.14. The molecule has 158 valence electrons. The van der Waals surface area contributed by atoms with Crippen LogP contribution in [-0.2, 0) is 22.0 Å². The van der Waals surface area contributed by atoms with E-state index < -0.39 is 17.6 Å². The molecule has 3 N–H and O–H groups in total. The van der Waals surface area contributed by atoms with Crippen LogP contribution in [0.25, 0.3) is 11.2 Å². The number of anilines is 1. The molecule has 0 radical (unpaired) electrons. The number of ether oxygens (including phenoxy) is 1. The lowest BCUT2D eigenvalue weighted by Crippen LogP contribution is -2.19. The summed E-state index contributed by atoms with van der Waals surface area (Å²) in [5, 5.41) is 7.92. The number of hydrogen-bond acceptors (Lipinski definition) is 7. The highest BCUT2D eigenvalue weighted by atomic mass is 35.5. The molecule has 0 unspecified atom stereocenters. The summed E-state index contributed by atoms with van der Waals surface area (Å²) in [4.78, 5) is 24.2. The Morgan fingerprint density at radius 3 is 2.83 bits per heavy atom. The summed E-state index contributed by atoms with van der Waals surface area (Å²) in [6, 6.07) is 5.16. The third kappa shape index (κ3) is 4.88. The van der Waals surface area contributed by atoms with Gasteiger partial charge in [0.25, 0.3) is 5.92 Å². The predicted octanol–water partition coefficient (Wildman–Crippen LogP) is 3.57. The first-order valence-corrected chi connectivity index (χ1v) is 9.43. The standard InChI is InChI=1S/C19H19ClF2N6O2/c1-19(21,22)12-6-4-5-11(9-12)13(23)17(29)30-8-3-2-7-28-10-25-14-15(24)26-18(20)27-16(14)28/h4-6,9-10,23H,2-3,7-8H2,1H3,(H2,24,26,27). The summed E-state index contributed by atoms with van der Waals surface area (Å²) in [5.74, 6) is -3.73. The number of hydrogen-bond donors (Lipinski definition) is 2. The highest BCUT2D eigenvalue weighted by Gasteiger charge is 2.25. The van der Waals surface area contributed by atoms with Gasteiger partial charge in [0.1, 0.15) is 11.2 Å².